The standard InChI is InChI=1S/C28H26N4O5/c1-17-27(35)25(19(15-33)11-29-17)13-31-21-3-7-23(8-4-21)37-24-9-5-22(6-10-24)32-14-26-20(16-34)12-30-18(2)28(26)36/h3-14,33-36H,15-16H2,1-2H3. The van der Waals surface area contributed by atoms with E-state index in [0.29, 0.717) is 56.5 Å². The van der Waals surface area contributed by atoms with Gasteiger partial charge in [-0.2, -0.15) is 0 Å². The lowest BCUT2D eigenvalue weighted by atomic mass is 10.1. The van der Waals surface area contributed by atoms with Gasteiger partial charge in [0, 0.05) is 47.1 Å². The van der Waals surface area contributed by atoms with Crippen molar-refractivity contribution in [3.8, 4) is 23.0 Å². The number of aryl methyl sites for hydroxylation is 2. The van der Waals surface area contributed by atoms with Crippen molar-refractivity contribution in [2.45, 2.75) is 27.1 Å². The predicted molar refractivity (Wildman–Crippen MR) is 141 cm³/mol. The maximum absolute atomic E-state index is 10.2. The molecular weight excluding hydrogens is 472 g/mol. The predicted octanol–water partition coefficient (Wildman–Crippen LogP) is 4.78. The number of aromatic hydroxyl groups is 2. The highest BCUT2D eigenvalue weighted by Gasteiger charge is 2.10. The molecular formula is C28H26N4O5. The summed E-state index contributed by atoms with van der Waals surface area (Å²) in [7, 11) is 0. The molecule has 0 aliphatic heterocycles. The lowest BCUT2D eigenvalue weighted by Gasteiger charge is -2.08. The molecule has 4 rings (SSSR count). The fourth-order valence-corrected chi connectivity index (χ4v) is 3.46. The third-order valence-corrected chi connectivity index (χ3v) is 5.65. The lowest BCUT2D eigenvalue weighted by Crippen LogP contribution is -1.97. The van der Waals surface area contributed by atoms with Gasteiger partial charge >= 0.3 is 0 Å². The first-order valence-electron chi connectivity index (χ1n) is 11.4. The second kappa shape index (κ2) is 11.4. The van der Waals surface area contributed by atoms with Crippen LogP contribution in [0.15, 0.2) is 70.9 Å². The van der Waals surface area contributed by atoms with E-state index in [9.17, 15) is 20.4 Å². The number of aliphatic imine (C=N–C) groups is 2. The SMILES string of the molecule is Cc1ncc(CO)c(C=Nc2ccc(Oc3ccc(N=Cc4c(CO)cnc(C)c4O)cc3)cc2)c1O. The van der Waals surface area contributed by atoms with Gasteiger partial charge in [-0.25, -0.2) is 0 Å². The van der Waals surface area contributed by atoms with E-state index in [2.05, 4.69) is 20.0 Å². The Morgan fingerprint density at radius 3 is 1.41 bits per heavy atom. The molecule has 37 heavy (non-hydrogen) atoms. The topological polar surface area (TPSA) is 141 Å². The van der Waals surface area contributed by atoms with Crippen LogP contribution in [0.2, 0.25) is 0 Å². The molecule has 9 nitrogen and oxygen atoms in total. The summed E-state index contributed by atoms with van der Waals surface area (Å²) in [6.07, 6.45) is 6.03. The monoisotopic (exact) mass is 498 g/mol. The van der Waals surface area contributed by atoms with Crippen molar-refractivity contribution in [3.05, 3.63) is 94.6 Å². The highest BCUT2D eigenvalue weighted by molar-refractivity contribution is 5.88. The van der Waals surface area contributed by atoms with Gasteiger partial charge in [-0.15, -0.1) is 0 Å². The molecule has 0 saturated carbocycles. The van der Waals surface area contributed by atoms with Crippen molar-refractivity contribution >= 4 is 23.8 Å². The molecule has 0 bridgehead atoms. The van der Waals surface area contributed by atoms with Gasteiger partial charge < -0.3 is 25.2 Å². The van der Waals surface area contributed by atoms with Crippen LogP contribution in [0.1, 0.15) is 33.6 Å². The third-order valence-electron chi connectivity index (χ3n) is 5.65. The second-order valence-corrected chi connectivity index (χ2v) is 8.18. The lowest BCUT2D eigenvalue weighted by molar-refractivity contribution is 0.280. The first-order chi connectivity index (χ1) is 17.9. The van der Waals surface area contributed by atoms with Crippen molar-refractivity contribution in [3.63, 3.8) is 0 Å². The molecule has 2 aromatic heterocycles. The quantitative estimate of drug-likeness (QED) is 0.256. The van der Waals surface area contributed by atoms with Crippen LogP contribution in [0, 0.1) is 13.8 Å². The molecule has 0 unspecified atom stereocenters. The number of rotatable bonds is 8. The summed E-state index contributed by atoms with van der Waals surface area (Å²) < 4.78 is 5.89. The van der Waals surface area contributed by atoms with Crippen molar-refractivity contribution in [2.24, 2.45) is 9.98 Å². The highest BCUT2D eigenvalue weighted by atomic mass is 16.5. The summed E-state index contributed by atoms with van der Waals surface area (Å²) in [4.78, 5) is 16.9. The fraction of sp³-hybridized carbons (Fsp3) is 0.143. The normalized spacial score (nSPS) is 11.5. The first kappa shape index (κ1) is 25.5. The number of hydrogen-bond donors (Lipinski definition) is 4. The molecule has 4 N–H and O–H groups in total. The number of aliphatic hydroxyl groups is 2. The van der Waals surface area contributed by atoms with Gasteiger partial charge in [-0.3, -0.25) is 20.0 Å². The molecule has 0 amide bonds. The Labute approximate surface area is 213 Å². The van der Waals surface area contributed by atoms with Gasteiger partial charge in [-0.05, 0) is 62.4 Å². The van der Waals surface area contributed by atoms with Crippen molar-refractivity contribution in [1.29, 1.82) is 0 Å². The van der Waals surface area contributed by atoms with Crippen LogP contribution in [0.5, 0.6) is 23.0 Å². The molecule has 0 saturated heterocycles. The van der Waals surface area contributed by atoms with E-state index < -0.39 is 0 Å². The number of pyridine rings is 2. The summed E-state index contributed by atoms with van der Waals surface area (Å²) in [6, 6.07) is 14.2. The summed E-state index contributed by atoms with van der Waals surface area (Å²) in [5.41, 5.74) is 4.04. The molecule has 0 aliphatic rings. The first-order valence-corrected chi connectivity index (χ1v) is 11.4. The Morgan fingerprint density at radius 2 is 1.05 bits per heavy atom. The van der Waals surface area contributed by atoms with Crippen LogP contribution in [0.3, 0.4) is 0 Å². The summed E-state index contributed by atoms with van der Waals surface area (Å²) in [5, 5.41) is 39.5. The molecule has 4 aromatic rings. The summed E-state index contributed by atoms with van der Waals surface area (Å²) in [5.74, 6) is 1.20. The molecule has 0 spiro atoms. The number of aliphatic hydroxyl groups excluding tert-OH is 2. The van der Waals surface area contributed by atoms with E-state index in [1.54, 1.807) is 62.4 Å². The average Bonchev–Trinajstić information content (AvgIpc) is 2.92. The van der Waals surface area contributed by atoms with Gasteiger partial charge in [0.05, 0.1) is 36.0 Å². The average molecular weight is 499 g/mol. The Balaban J connectivity index is 1.43. The van der Waals surface area contributed by atoms with E-state index in [0.717, 1.165) is 0 Å². The largest absolute Gasteiger partial charge is 0.505 e. The zero-order valence-electron chi connectivity index (χ0n) is 20.3. The molecule has 0 radical (unpaired) electrons. The maximum Gasteiger partial charge on any atom is 0.145 e. The van der Waals surface area contributed by atoms with Gasteiger partial charge in [0.15, 0.2) is 0 Å². The van der Waals surface area contributed by atoms with Gasteiger partial charge in [-0.1, -0.05) is 0 Å². The number of ether oxygens (including phenoxy) is 1. The van der Waals surface area contributed by atoms with Crippen LogP contribution < -0.4 is 4.74 Å². The van der Waals surface area contributed by atoms with Crippen molar-refractivity contribution in [1.82, 2.24) is 9.97 Å². The zero-order valence-corrected chi connectivity index (χ0v) is 20.3. The molecule has 2 aromatic carbocycles. The van der Waals surface area contributed by atoms with E-state index in [-0.39, 0.29) is 24.7 Å². The van der Waals surface area contributed by atoms with Crippen LogP contribution >= 0.6 is 0 Å². The second-order valence-electron chi connectivity index (χ2n) is 8.18. The molecule has 188 valence electrons. The van der Waals surface area contributed by atoms with Crippen molar-refractivity contribution in [2.75, 3.05) is 0 Å². The number of aromatic nitrogens is 2. The zero-order chi connectivity index (χ0) is 26.4. The molecule has 2 heterocycles. The van der Waals surface area contributed by atoms with Crippen LogP contribution in [0.25, 0.3) is 0 Å². The fourth-order valence-electron chi connectivity index (χ4n) is 3.46. The van der Waals surface area contributed by atoms with E-state index in [4.69, 9.17) is 4.74 Å². The van der Waals surface area contributed by atoms with E-state index in [1.165, 1.54) is 24.8 Å². The highest BCUT2D eigenvalue weighted by Crippen LogP contribution is 2.28. The number of benzene rings is 2. The van der Waals surface area contributed by atoms with Crippen LogP contribution in [-0.4, -0.2) is 42.8 Å². The van der Waals surface area contributed by atoms with Crippen LogP contribution in [0.4, 0.5) is 11.4 Å². The number of hydrogen-bond acceptors (Lipinski definition) is 9. The Hall–Kier alpha value is -4.60. The molecule has 0 fully saturated rings. The third kappa shape index (κ3) is 5.97. The van der Waals surface area contributed by atoms with E-state index in [1.807, 2.05) is 0 Å². The van der Waals surface area contributed by atoms with Gasteiger partial charge in [0.25, 0.3) is 0 Å². The summed E-state index contributed by atoms with van der Waals surface area (Å²) >= 11 is 0. The molecule has 0 aliphatic carbocycles. The Kier molecular flexibility index (Phi) is 7.87. The van der Waals surface area contributed by atoms with Crippen LogP contribution in [-0.2, 0) is 13.2 Å². The minimum Gasteiger partial charge on any atom is -0.505 e. The Morgan fingerprint density at radius 1 is 0.676 bits per heavy atom. The minimum atomic E-state index is -0.255. The molecule has 9 heteroatoms. The number of nitrogens with zero attached hydrogens (tertiary/aromatic N) is 4. The Bertz CT molecular complexity index is 1340. The maximum atomic E-state index is 10.2. The van der Waals surface area contributed by atoms with Crippen molar-refractivity contribution < 1.29 is 25.2 Å². The van der Waals surface area contributed by atoms with E-state index >= 15 is 0 Å². The molecule has 0 atom stereocenters. The van der Waals surface area contributed by atoms with Gasteiger partial charge in [0.2, 0.25) is 0 Å². The summed E-state index contributed by atoms with van der Waals surface area (Å²) in [6.45, 7) is 2.85. The minimum absolute atomic E-state index is 0.00966. The smallest absolute Gasteiger partial charge is 0.145 e. The van der Waals surface area contributed by atoms with Gasteiger partial charge in [0.1, 0.15) is 23.0 Å².